The van der Waals surface area contributed by atoms with Crippen LogP contribution in [0.5, 0.6) is 11.5 Å². The fraction of sp³-hybridized carbons (Fsp3) is 0.400. The zero-order valence-corrected chi connectivity index (χ0v) is 15.3. The second-order valence-electron chi connectivity index (χ2n) is 6.10. The van der Waals surface area contributed by atoms with Gasteiger partial charge in [-0.3, -0.25) is 0 Å². The molecule has 2 aromatic rings. The van der Waals surface area contributed by atoms with Crippen molar-refractivity contribution >= 4 is 0 Å². The zero-order chi connectivity index (χ0) is 18.8. The second-order valence-corrected chi connectivity index (χ2v) is 6.10. The van der Waals surface area contributed by atoms with Gasteiger partial charge in [0.1, 0.15) is 12.4 Å². The second kappa shape index (κ2) is 10.8. The summed E-state index contributed by atoms with van der Waals surface area (Å²) < 4.78 is 24.8. The summed E-state index contributed by atoms with van der Waals surface area (Å²) in [4.78, 5) is 0. The fourth-order valence-corrected chi connectivity index (χ4v) is 2.43. The molecule has 0 amide bonds. The van der Waals surface area contributed by atoms with Gasteiger partial charge in [-0.1, -0.05) is 24.3 Å². The molecule has 1 atom stereocenters. The molecular formula is C20H27FN2O3. The molecular weight excluding hydrogens is 335 g/mol. The number of ether oxygens (including phenoxy) is 2. The highest BCUT2D eigenvalue weighted by molar-refractivity contribution is 5.43. The lowest BCUT2D eigenvalue weighted by Gasteiger charge is -2.13. The molecule has 5 nitrogen and oxygen atoms in total. The van der Waals surface area contributed by atoms with Crippen LogP contribution in [-0.4, -0.2) is 38.0 Å². The first-order valence-electron chi connectivity index (χ1n) is 8.72. The van der Waals surface area contributed by atoms with Gasteiger partial charge in [0.05, 0.1) is 13.2 Å². The Kier molecular flexibility index (Phi) is 8.34. The topological polar surface area (TPSA) is 62.8 Å². The van der Waals surface area contributed by atoms with Crippen LogP contribution < -0.4 is 20.1 Å². The summed E-state index contributed by atoms with van der Waals surface area (Å²) in [6.45, 7) is 4.76. The fourth-order valence-electron chi connectivity index (χ4n) is 2.43. The summed E-state index contributed by atoms with van der Waals surface area (Å²) in [5, 5.41) is 15.6. The SMILES string of the molecule is COc1cc(CNCCNC[C@H](C)O)ccc1OCc1ccccc1F. The Morgan fingerprint density at radius 1 is 1.08 bits per heavy atom. The van der Waals surface area contributed by atoms with E-state index in [2.05, 4.69) is 10.6 Å². The van der Waals surface area contributed by atoms with Gasteiger partial charge in [0.2, 0.25) is 0 Å². The third kappa shape index (κ3) is 6.63. The van der Waals surface area contributed by atoms with Crippen molar-refractivity contribution in [1.82, 2.24) is 10.6 Å². The summed E-state index contributed by atoms with van der Waals surface area (Å²) in [7, 11) is 1.59. The molecule has 0 aliphatic heterocycles. The lowest BCUT2D eigenvalue weighted by Crippen LogP contribution is -2.31. The maximum atomic E-state index is 13.7. The molecule has 0 bridgehead atoms. The summed E-state index contributed by atoms with van der Waals surface area (Å²) >= 11 is 0. The van der Waals surface area contributed by atoms with Crippen molar-refractivity contribution in [2.75, 3.05) is 26.7 Å². The quantitative estimate of drug-likeness (QED) is 0.536. The number of aliphatic hydroxyl groups excluding tert-OH is 1. The van der Waals surface area contributed by atoms with Crippen molar-refractivity contribution in [3.8, 4) is 11.5 Å². The maximum Gasteiger partial charge on any atom is 0.161 e. The number of benzene rings is 2. The molecule has 0 unspecified atom stereocenters. The molecule has 0 radical (unpaired) electrons. The molecule has 2 aromatic carbocycles. The Morgan fingerprint density at radius 2 is 1.85 bits per heavy atom. The van der Waals surface area contributed by atoms with Crippen LogP contribution in [0.2, 0.25) is 0 Å². The van der Waals surface area contributed by atoms with Crippen LogP contribution in [0.25, 0.3) is 0 Å². The van der Waals surface area contributed by atoms with E-state index in [1.165, 1.54) is 6.07 Å². The van der Waals surface area contributed by atoms with Crippen LogP contribution in [0.1, 0.15) is 18.1 Å². The molecule has 0 aromatic heterocycles. The minimum Gasteiger partial charge on any atom is -0.493 e. The van der Waals surface area contributed by atoms with Gasteiger partial charge in [-0.2, -0.15) is 0 Å². The zero-order valence-electron chi connectivity index (χ0n) is 15.3. The van der Waals surface area contributed by atoms with Crippen LogP contribution in [0.3, 0.4) is 0 Å². The molecule has 0 aliphatic rings. The highest BCUT2D eigenvalue weighted by Crippen LogP contribution is 2.29. The van der Waals surface area contributed by atoms with Crippen molar-refractivity contribution < 1.29 is 19.0 Å². The van der Waals surface area contributed by atoms with Gasteiger partial charge < -0.3 is 25.2 Å². The molecule has 0 spiro atoms. The highest BCUT2D eigenvalue weighted by Gasteiger charge is 2.08. The Labute approximate surface area is 154 Å². The third-order valence-electron chi connectivity index (χ3n) is 3.82. The Balaban J connectivity index is 1.83. The number of hydrogen-bond donors (Lipinski definition) is 3. The molecule has 3 N–H and O–H groups in total. The molecule has 2 rings (SSSR count). The van der Waals surface area contributed by atoms with E-state index in [1.54, 1.807) is 32.2 Å². The summed E-state index contributed by atoms with van der Waals surface area (Å²) in [6, 6.07) is 12.3. The summed E-state index contributed by atoms with van der Waals surface area (Å²) in [6.07, 6.45) is -0.337. The van der Waals surface area contributed by atoms with Crippen molar-refractivity contribution in [3.63, 3.8) is 0 Å². The summed E-state index contributed by atoms with van der Waals surface area (Å²) in [5.74, 6) is 0.919. The van der Waals surface area contributed by atoms with Gasteiger partial charge in [0, 0.05) is 31.7 Å². The van der Waals surface area contributed by atoms with Gasteiger partial charge in [0.15, 0.2) is 11.5 Å². The number of rotatable bonds is 11. The minimum atomic E-state index is -0.337. The average Bonchev–Trinajstić information content (AvgIpc) is 2.64. The number of hydrogen-bond acceptors (Lipinski definition) is 5. The molecule has 26 heavy (non-hydrogen) atoms. The van der Waals surface area contributed by atoms with E-state index < -0.39 is 0 Å². The monoisotopic (exact) mass is 362 g/mol. The maximum absolute atomic E-state index is 13.7. The van der Waals surface area contributed by atoms with E-state index in [1.807, 2.05) is 18.2 Å². The van der Waals surface area contributed by atoms with Gasteiger partial charge in [-0.25, -0.2) is 4.39 Å². The van der Waals surface area contributed by atoms with E-state index in [4.69, 9.17) is 9.47 Å². The van der Waals surface area contributed by atoms with E-state index in [0.29, 0.717) is 30.2 Å². The first-order valence-corrected chi connectivity index (χ1v) is 8.72. The Bertz CT molecular complexity index is 680. The van der Waals surface area contributed by atoms with Crippen LogP contribution in [-0.2, 0) is 13.2 Å². The summed E-state index contributed by atoms with van der Waals surface area (Å²) in [5.41, 5.74) is 1.57. The standard InChI is InChI=1S/C20H27FN2O3/c1-15(24)12-22-9-10-23-13-16-7-8-19(20(11-16)25-2)26-14-17-5-3-4-6-18(17)21/h3-8,11,15,22-24H,9-10,12-14H2,1-2H3/t15-/m0/s1. The van der Waals surface area contributed by atoms with Crippen LogP contribution in [0.4, 0.5) is 4.39 Å². The number of aliphatic hydroxyl groups is 1. The van der Waals surface area contributed by atoms with E-state index in [0.717, 1.165) is 18.7 Å². The first-order chi connectivity index (χ1) is 12.6. The molecule has 0 heterocycles. The predicted octanol–water partition coefficient (Wildman–Crippen LogP) is 2.47. The number of nitrogens with one attached hydrogen (secondary N) is 2. The molecule has 6 heteroatoms. The van der Waals surface area contributed by atoms with Crippen molar-refractivity contribution in [2.45, 2.75) is 26.2 Å². The number of methoxy groups -OCH3 is 1. The lowest BCUT2D eigenvalue weighted by atomic mass is 10.2. The average molecular weight is 362 g/mol. The smallest absolute Gasteiger partial charge is 0.161 e. The van der Waals surface area contributed by atoms with Crippen molar-refractivity contribution in [3.05, 3.63) is 59.4 Å². The van der Waals surface area contributed by atoms with Crippen molar-refractivity contribution in [2.24, 2.45) is 0 Å². The van der Waals surface area contributed by atoms with E-state index in [9.17, 15) is 9.50 Å². The molecule has 0 fully saturated rings. The van der Waals surface area contributed by atoms with Gasteiger partial charge in [-0.05, 0) is 30.7 Å². The van der Waals surface area contributed by atoms with Gasteiger partial charge >= 0.3 is 0 Å². The predicted molar refractivity (Wildman–Crippen MR) is 100.0 cm³/mol. The Hall–Kier alpha value is -2.15. The van der Waals surface area contributed by atoms with E-state index >= 15 is 0 Å². The van der Waals surface area contributed by atoms with E-state index in [-0.39, 0.29) is 18.5 Å². The van der Waals surface area contributed by atoms with Crippen LogP contribution in [0, 0.1) is 5.82 Å². The number of halogens is 1. The lowest BCUT2D eigenvalue weighted by molar-refractivity contribution is 0.191. The molecule has 0 saturated heterocycles. The molecule has 0 saturated carbocycles. The normalized spacial score (nSPS) is 12.0. The molecule has 142 valence electrons. The third-order valence-corrected chi connectivity index (χ3v) is 3.82. The van der Waals surface area contributed by atoms with Gasteiger partial charge in [0.25, 0.3) is 0 Å². The highest BCUT2D eigenvalue weighted by atomic mass is 19.1. The van der Waals surface area contributed by atoms with Gasteiger partial charge in [-0.15, -0.1) is 0 Å². The first kappa shape index (κ1) is 20.2. The largest absolute Gasteiger partial charge is 0.493 e. The van der Waals surface area contributed by atoms with Crippen LogP contribution >= 0.6 is 0 Å². The Morgan fingerprint density at radius 3 is 2.58 bits per heavy atom. The molecule has 0 aliphatic carbocycles. The van der Waals surface area contributed by atoms with Crippen molar-refractivity contribution in [1.29, 1.82) is 0 Å². The van der Waals surface area contributed by atoms with Crippen LogP contribution in [0.15, 0.2) is 42.5 Å². The minimum absolute atomic E-state index is 0.148.